The van der Waals surface area contributed by atoms with Crippen LogP contribution in [0, 0.1) is 0 Å². The van der Waals surface area contributed by atoms with Crippen LogP contribution in [0.3, 0.4) is 0 Å². The maximum absolute atomic E-state index is 6.54. The first-order valence-corrected chi connectivity index (χ1v) is 11.6. The minimum atomic E-state index is 0.590. The predicted octanol–water partition coefficient (Wildman–Crippen LogP) is 7.93. The van der Waals surface area contributed by atoms with Crippen LogP contribution < -0.4 is 0 Å². The zero-order valence-electron chi connectivity index (χ0n) is 18.7. The molecule has 4 heteroatoms. The van der Waals surface area contributed by atoms with E-state index in [1.807, 2.05) is 84.9 Å². The minimum Gasteiger partial charge on any atom is -0.455 e. The molecule has 0 atom stereocenters. The third-order valence-corrected chi connectivity index (χ3v) is 6.33. The molecule has 2 aromatic heterocycles. The van der Waals surface area contributed by atoms with Crippen molar-refractivity contribution >= 4 is 32.7 Å². The number of hydrogen-bond acceptors (Lipinski definition) is 4. The molecule has 0 amide bonds. The molecule has 0 unspecified atom stereocenters. The summed E-state index contributed by atoms with van der Waals surface area (Å²) in [4.78, 5) is 14.6. The Morgan fingerprint density at radius 1 is 0.400 bits per heavy atom. The molecule has 0 saturated carbocycles. The molecule has 164 valence electrons. The molecule has 0 aliphatic heterocycles. The number of furan rings is 1. The van der Waals surface area contributed by atoms with Gasteiger partial charge in [-0.1, -0.05) is 103 Å². The quantitative estimate of drug-likeness (QED) is 0.275. The van der Waals surface area contributed by atoms with E-state index in [4.69, 9.17) is 19.4 Å². The van der Waals surface area contributed by atoms with E-state index < -0.39 is 0 Å². The van der Waals surface area contributed by atoms with E-state index in [1.165, 1.54) is 0 Å². The Hall–Kier alpha value is -4.83. The summed E-state index contributed by atoms with van der Waals surface area (Å²) in [5.74, 6) is 1.85. The first kappa shape index (κ1) is 19.6. The third-order valence-electron chi connectivity index (χ3n) is 6.33. The van der Waals surface area contributed by atoms with Gasteiger partial charge in [-0.25, -0.2) is 15.0 Å². The second-order valence-electron chi connectivity index (χ2n) is 8.49. The van der Waals surface area contributed by atoms with Crippen LogP contribution in [-0.4, -0.2) is 15.0 Å². The minimum absolute atomic E-state index is 0.590. The van der Waals surface area contributed by atoms with Crippen LogP contribution in [0.1, 0.15) is 0 Å². The van der Waals surface area contributed by atoms with Crippen molar-refractivity contribution in [1.29, 1.82) is 0 Å². The van der Waals surface area contributed by atoms with Gasteiger partial charge >= 0.3 is 0 Å². The Labute approximate surface area is 201 Å². The van der Waals surface area contributed by atoms with Crippen LogP contribution in [0.25, 0.3) is 66.9 Å². The highest BCUT2D eigenvalue weighted by molar-refractivity contribution is 6.16. The van der Waals surface area contributed by atoms with Gasteiger partial charge in [-0.3, -0.25) is 0 Å². The van der Waals surface area contributed by atoms with Crippen molar-refractivity contribution in [3.63, 3.8) is 0 Å². The maximum atomic E-state index is 6.54. The van der Waals surface area contributed by atoms with Gasteiger partial charge in [0.2, 0.25) is 0 Å². The van der Waals surface area contributed by atoms with E-state index in [9.17, 15) is 0 Å². The lowest BCUT2D eigenvalue weighted by atomic mass is 10.0. The molecule has 0 aliphatic carbocycles. The molecule has 0 N–H and O–H groups in total. The molecular formula is C31H19N3O. The van der Waals surface area contributed by atoms with Crippen molar-refractivity contribution in [2.45, 2.75) is 0 Å². The zero-order chi connectivity index (χ0) is 23.2. The van der Waals surface area contributed by atoms with Crippen LogP contribution in [0.4, 0.5) is 0 Å². The molecule has 7 aromatic rings. The summed E-state index contributed by atoms with van der Waals surface area (Å²) in [5.41, 5.74) is 4.39. The van der Waals surface area contributed by atoms with Gasteiger partial charge in [0.05, 0.1) is 5.56 Å². The fourth-order valence-corrected chi connectivity index (χ4v) is 4.63. The lowest BCUT2D eigenvalue weighted by Crippen LogP contribution is -2.00. The van der Waals surface area contributed by atoms with Gasteiger partial charge in [-0.2, -0.15) is 0 Å². The monoisotopic (exact) mass is 449 g/mol. The Bertz CT molecular complexity index is 1780. The smallest absolute Gasteiger partial charge is 0.167 e. The summed E-state index contributed by atoms with van der Waals surface area (Å²) < 4.78 is 6.54. The number of benzene rings is 5. The molecule has 4 nitrogen and oxygen atoms in total. The Morgan fingerprint density at radius 3 is 1.69 bits per heavy atom. The van der Waals surface area contributed by atoms with Crippen molar-refractivity contribution in [3.05, 3.63) is 115 Å². The highest BCUT2D eigenvalue weighted by Gasteiger charge is 2.18. The van der Waals surface area contributed by atoms with Gasteiger partial charge in [-0.15, -0.1) is 0 Å². The maximum Gasteiger partial charge on any atom is 0.167 e. The van der Waals surface area contributed by atoms with E-state index in [0.29, 0.717) is 17.5 Å². The van der Waals surface area contributed by atoms with Crippen molar-refractivity contribution in [2.75, 3.05) is 0 Å². The lowest BCUT2D eigenvalue weighted by molar-refractivity contribution is 0.673. The number of aromatic nitrogens is 3. The highest BCUT2D eigenvalue weighted by Crippen LogP contribution is 2.38. The van der Waals surface area contributed by atoms with Crippen molar-refractivity contribution in [1.82, 2.24) is 15.0 Å². The fraction of sp³-hybridized carbons (Fsp3) is 0. The topological polar surface area (TPSA) is 51.8 Å². The summed E-state index contributed by atoms with van der Waals surface area (Å²) in [7, 11) is 0. The first-order valence-electron chi connectivity index (χ1n) is 11.6. The molecule has 0 radical (unpaired) electrons. The molecule has 0 saturated heterocycles. The van der Waals surface area contributed by atoms with Gasteiger partial charge in [0.25, 0.3) is 0 Å². The molecule has 0 fully saturated rings. The van der Waals surface area contributed by atoms with E-state index >= 15 is 0 Å². The summed E-state index contributed by atoms with van der Waals surface area (Å²) >= 11 is 0. The Balaban J connectivity index is 1.52. The zero-order valence-corrected chi connectivity index (χ0v) is 18.7. The normalized spacial score (nSPS) is 11.4. The van der Waals surface area contributed by atoms with E-state index in [-0.39, 0.29) is 0 Å². The standard InChI is InChI=1S/C31H19N3O/c1-3-11-21(12-4-1)29-32-30(22-13-5-2-6-14-22)34-31(33-29)26-17-9-16-24-25-19-18-20-10-7-8-15-23(20)27(25)35-28(24)26/h1-19H. The fourth-order valence-electron chi connectivity index (χ4n) is 4.63. The van der Waals surface area contributed by atoms with E-state index in [0.717, 1.165) is 49.4 Å². The van der Waals surface area contributed by atoms with Crippen LogP contribution in [0.2, 0.25) is 0 Å². The average molecular weight is 450 g/mol. The third kappa shape index (κ3) is 3.27. The van der Waals surface area contributed by atoms with Crippen LogP contribution in [-0.2, 0) is 0 Å². The van der Waals surface area contributed by atoms with Gasteiger partial charge in [0.15, 0.2) is 17.5 Å². The number of nitrogens with zero attached hydrogens (tertiary/aromatic N) is 3. The van der Waals surface area contributed by atoms with Crippen molar-refractivity contribution < 1.29 is 4.42 Å². The first-order chi connectivity index (χ1) is 17.3. The lowest BCUT2D eigenvalue weighted by Gasteiger charge is -2.08. The van der Waals surface area contributed by atoms with Gasteiger partial charge < -0.3 is 4.42 Å². The van der Waals surface area contributed by atoms with Gasteiger partial charge in [0, 0.05) is 27.3 Å². The van der Waals surface area contributed by atoms with E-state index in [1.54, 1.807) is 0 Å². The average Bonchev–Trinajstić information content (AvgIpc) is 3.33. The molecule has 0 spiro atoms. The number of para-hydroxylation sites is 1. The molecule has 5 aromatic carbocycles. The second-order valence-corrected chi connectivity index (χ2v) is 8.49. The largest absolute Gasteiger partial charge is 0.455 e. The van der Waals surface area contributed by atoms with E-state index in [2.05, 4.69) is 30.3 Å². The molecule has 0 bridgehead atoms. The van der Waals surface area contributed by atoms with Crippen LogP contribution in [0.15, 0.2) is 120 Å². The number of hydrogen-bond donors (Lipinski definition) is 0. The second kappa shape index (κ2) is 7.89. The van der Waals surface area contributed by atoms with Crippen molar-refractivity contribution in [2.24, 2.45) is 0 Å². The Morgan fingerprint density at radius 2 is 0.971 bits per heavy atom. The van der Waals surface area contributed by atoms with Gasteiger partial charge in [-0.05, 0) is 17.5 Å². The predicted molar refractivity (Wildman–Crippen MR) is 141 cm³/mol. The molecular weight excluding hydrogens is 430 g/mol. The summed E-state index contributed by atoms with van der Waals surface area (Å²) in [6.45, 7) is 0. The van der Waals surface area contributed by atoms with Crippen LogP contribution >= 0.6 is 0 Å². The molecule has 0 aliphatic rings. The highest BCUT2D eigenvalue weighted by atomic mass is 16.3. The molecule has 2 heterocycles. The SMILES string of the molecule is c1ccc(-c2nc(-c3ccccc3)nc(-c3cccc4c3oc3c5ccccc5ccc43)n2)cc1. The summed E-state index contributed by atoms with van der Waals surface area (Å²) in [6, 6.07) is 38.7. The summed E-state index contributed by atoms with van der Waals surface area (Å²) in [5, 5.41) is 4.38. The Kier molecular flexibility index (Phi) is 4.42. The van der Waals surface area contributed by atoms with Gasteiger partial charge in [0.1, 0.15) is 11.2 Å². The molecule has 35 heavy (non-hydrogen) atoms. The van der Waals surface area contributed by atoms with Crippen LogP contribution in [0.5, 0.6) is 0 Å². The molecule has 7 rings (SSSR count). The number of rotatable bonds is 3. The number of fused-ring (bicyclic) bond motifs is 5. The summed E-state index contributed by atoms with van der Waals surface area (Å²) in [6.07, 6.45) is 0. The van der Waals surface area contributed by atoms with Crippen molar-refractivity contribution in [3.8, 4) is 34.2 Å².